The van der Waals surface area contributed by atoms with E-state index in [1.807, 2.05) is 7.11 Å². The average molecular weight is 428 g/mol. The fourth-order valence-electron chi connectivity index (χ4n) is 7.10. The molecular formula is C29H35N2O+. The Morgan fingerprint density at radius 2 is 1.75 bits per heavy atom. The molecule has 32 heavy (non-hydrogen) atoms. The van der Waals surface area contributed by atoms with Crippen molar-refractivity contribution in [3.8, 4) is 5.75 Å². The first-order chi connectivity index (χ1) is 15.7. The standard InChI is InChI=1S/C29H35N2O/c1-30-25-13-5-4-12-24(25)29(16-6-3-7-17-29)26(30)15-14-22-20-21-10-8-18-31-19-9-11-23(27(21)31)28(22)32-2/h4-5,12-15,20H,3,6-11,16-19H2,1-2H3/q+1. The van der Waals surface area contributed by atoms with Gasteiger partial charge in [-0.2, -0.15) is 4.58 Å². The maximum Gasteiger partial charge on any atom is 0.209 e. The predicted molar refractivity (Wildman–Crippen MR) is 133 cm³/mol. The van der Waals surface area contributed by atoms with E-state index in [0.717, 1.165) is 12.2 Å². The van der Waals surface area contributed by atoms with E-state index in [9.17, 15) is 0 Å². The molecule has 1 aliphatic carbocycles. The van der Waals surface area contributed by atoms with Crippen LogP contribution in [0.5, 0.6) is 5.75 Å². The number of benzene rings is 2. The summed E-state index contributed by atoms with van der Waals surface area (Å²) in [4.78, 5) is 2.60. The second kappa shape index (κ2) is 7.79. The van der Waals surface area contributed by atoms with Gasteiger partial charge >= 0.3 is 0 Å². The largest absolute Gasteiger partial charge is 0.496 e. The number of nitrogens with zero attached hydrogens (tertiary/aromatic N) is 2. The molecule has 0 aromatic heterocycles. The zero-order valence-corrected chi connectivity index (χ0v) is 19.6. The third-order valence-electron chi connectivity index (χ3n) is 8.47. The van der Waals surface area contributed by atoms with Crippen molar-refractivity contribution in [1.29, 1.82) is 0 Å². The zero-order chi connectivity index (χ0) is 21.7. The first kappa shape index (κ1) is 20.1. The summed E-state index contributed by atoms with van der Waals surface area (Å²) in [5.74, 6) is 1.10. The Hall–Kier alpha value is -2.55. The molecule has 3 aliphatic heterocycles. The van der Waals surface area contributed by atoms with Crippen LogP contribution >= 0.6 is 0 Å². The van der Waals surface area contributed by atoms with Gasteiger partial charge in [-0.15, -0.1) is 0 Å². The van der Waals surface area contributed by atoms with Crippen molar-refractivity contribution in [2.45, 2.75) is 63.2 Å². The van der Waals surface area contributed by atoms with Crippen LogP contribution in [0.1, 0.15) is 67.2 Å². The lowest BCUT2D eigenvalue weighted by Gasteiger charge is -2.38. The van der Waals surface area contributed by atoms with Crippen LogP contribution in [0.4, 0.5) is 11.4 Å². The number of hydrogen-bond acceptors (Lipinski definition) is 2. The van der Waals surface area contributed by atoms with Crippen molar-refractivity contribution in [3.05, 3.63) is 58.7 Å². The molecule has 1 spiro atoms. The molecule has 1 saturated carbocycles. The van der Waals surface area contributed by atoms with Gasteiger partial charge < -0.3 is 9.64 Å². The van der Waals surface area contributed by atoms with Gasteiger partial charge in [-0.1, -0.05) is 37.5 Å². The molecule has 3 heterocycles. The molecule has 2 aromatic rings. The van der Waals surface area contributed by atoms with Crippen LogP contribution in [0.3, 0.4) is 0 Å². The predicted octanol–water partition coefficient (Wildman–Crippen LogP) is 6.04. The minimum Gasteiger partial charge on any atom is -0.496 e. The number of para-hydroxylation sites is 1. The highest BCUT2D eigenvalue weighted by atomic mass is 16.5. The minimum absolute atomic E-state index is 0.173. The molecule has 2 aromatic carbocycles. The normalized spacial score (nSPS) is 21.2. The number of aryl methyl sites for hydroxylation is 1. The molecule has 3 heteroatoms. The third-order valence-corrected chi connectivity index (χ3v) is 8.47. The van der Waals surface area contributed by atoms with Crippen LogP contribution in [-0.2, 0) is 18.3 Å². The minimum atomic E-state index is 0.173. The SMILES string of the molecule is COc1c(/C=C/C2=[N+](C)c3ccccc3C23CCCCC3)cc2c3c1CCCN3CCC2. The van der Waals surface area contributed by atoms with E-state index in [0.29, 0.717) is 0 Å². The number of methoxy groups -OCH3 is 1. The summed E-state index contributed by atoms with van der Waals surface area (Å²) in [6, 6.07) is 11.5. The van der Waals surface area contributed by atoms with Gasteiger partial charge in [-0.05, 0) is 56.2 Å². The molecule has 0 unspecified atom stereocenters. The van der Waals surface area contributed by atoms with Crippen molar-refractivity contribution in [3.63, 3.8) is 0 Å². The lowest BCUT2D eigenvalue weighted by atomic mass is 9.67. The highest BCUT2D eigenvalue weighted by molar-refractivity contribution is 6.06. The number of fused-ring (bicyclic) bond motifs is 2. The lowest BCUT2D eigenvalue weighted by molar-refractivity contribution is -0.401. The van der Waals surface area contributed by atoms with Crippen molar-refractivity contribution in [1.82, 2.24) is 0 Å². The van der Waals surface area contributed by atoms with Crippen molar-refractivity contribution in [2.75, 3.05) is 32.1 Å². The monoisotopic (exact) mass is 427 g/mol. The second-order valence-electron chi connectivity index (χ2n) is 10.1. The molecular weight excluding hydrogens is 392 g/mol. The smallest absolute Gasteiger partial charge is 0.209 e. The van der Waals surface area contributed by atoms with Crippen LogP contribution in [-0.4, -0.2) is 37.5 Å². The molecule has 4 aliphatic rings. The summed E-state index contributed by atoms with van der Waals surface area (Å²) < 4.78 is 8.51. The number of rotatable bonds is 3. The summed E-state index contributed by atoms with van der Waals surface area (Å²) in [7, 11) is 4.11. The zero-order valence-electron chi connectivity index (χ0n) is 19.6. The summed E-state index contributed by atoms with van der Waals surface area (Å²) in [6.45, 7) is 2.39. The topological polar surface area (TPSA) is 15.5 Å². The molecule has 0 amide bonds. The quantitative estimate of drug-likeness (QED) is 0.555. The van der Waals surface area contributed by atoms with E-state index in [4.69, 9.17) is 4.74 Å². The van der Waals surface area contributed by atoms with Gasteiger partial charge in [-0.3, -0.25) is 0 Å². The first-order valence-electron chi connectivity index (χ1n) is 12.6. The van der Waals surface area contributed by atoms with E-state index in [1.165, 1.54) is 104 Å². The Balaban J connectivity index is 1.46. The summed E-state index contributed by atoms with van der Waals surface area (Å²) >= 11 is 0. The van der Waals surface area contributed by atoms with Gasteiger partial charge in [-0.25, -0.2) is 0 Å². The summed E-state index contributed by atoms with van der Waals surface area (Å²) in [5, 5.41) is 0. The van der Waals surface area contributed by atoms with E-state index in [1.54, 1.807) is 0 Å². The molecule has 0 bridgehead atoms. The Morgan fingerprint density at radius 3 is 2.56 bits per heavy atom. The fraction of sp³-hybridized carbons (Fsp3) is 0.483. The van der Waals surface area contributed by atoms with E-state index in [2.05, 4.69) is 59.0 Å². The Kier molecular flexibility index (Phi) is 4.89. The van der Waals surface area contributed by atoms with Gasteiger partial charge in [0.1, 0.15) is 12.8 Å². The van der Waals surface area contributed by atoms with E-state index >= 15 is 0 Å². The van der Waals surface area contributed by atoms with Gasteiger partial charge in [0.2, 0.25) is 5.69 Å². The highest BCUT2D eigenvalue weighted by Crippen LogP contribution is 2.49. The van der Waals surface area contributed by atoms with Gasteiger partial charge in [0.15, 0.2) is 5.71 Å². The Morgan fingerprint density at radius 1 is 0.969 bits per heavy atom. The van der Waals surface area contributed by atoms with Crippen molar-refractivity contribution >= 4 is 23.2 Å². The Bertz CT molecular complexity index is 1120. The average Bonchev–Trinajstić information content (AvgIpc) is 3.06. The molecule has 0 N–H and O–H groups in total. The third kappa shape index (κ3) is 2.89. The number of anilines is 1. The molecule has 0 radical (unpaired) electrons. The maximum atomic E-state index is 6.06. The van der Waals surface area contributed by atoms with Crippen LogP contribution in [0.25, 0.3) is 6.08 Å². The number of ether oxygens (including phenoxy) is 1. The van der Waals surface area contributed by atoms with Gasteiger partial charge in [0.25, 0.3) is 0 Å². The van der Waals surface area contributed by atoms with E-state index in [-0.39, 0.29) is 5.41 Å². The molecule has 0 saturated heterocycles. The van der Waals surface area contributed by atoms with Crippen molar-refractivity contribution < 1.29 is 9.31 Å². The van der Waals surface area contributed by atoms with E-state index < -0.39 is 0 Å². The molecule has 166 valence electrons. The van der Waals surface area contributed by atoms with Gasteiger partial charge in [0, 0.05) is 47.6 Å². The summed E-state index contributed by atoms with van der Waals surface area (Å²) in [5.41, 5.74) is 10.3. The fourth-order valence-corrected chi connectivity index (χ4v) is 7.10. The van der Waals surface area contributed by atoms with Crippen LogP contribution in [0.15, 0.2) is 36.4 Å². The van der Waals surface area contributed by atoms with Crippen LogP contribution in [0.2, 0.25) is 0 Å². The van der Waals surface area contributed by atoms with Crippen molar-refractivity contribution in [2.24, 2.45) is 0 Å². The highest BCUT2D eigenvalue weighted by Gasteiger charge is 2.50. The first-order valence-corrected chi connectivity index (χ1v) is 12.6. The molecule has 1 fully saturated rings. The Labute approximate surface area is 192 Å². The number of hydrogen-bond donors (Lipinski definition) is 0. The van der Waals surface area contributed by atoms with Crippen LogP contribution < -0.4 is 9.64 Å². The lowest BCUT2D eigenvalue weighted by Crippen LogP contribution is -2.36. The maximum absolute atomic E-state index is 6.06. The second-order valence-corrected chi connectivity index (χ2v) is 10.1. The number of allylic oxidation sites excluding steroid dienone is 1. The van der Waals surface area contributed by atoms with Gasteiger partial charge in [0.05, 0.1) is 12.5 Å². The molecule has 6 rings (SSSR count). The van der Waals surface area contributed by atoms with Crippen LogP contribution in [0, 0.1) is 0 Å². The molecule has 3 nitrogen and oxygen atoms in total. The summed E-state index contributed by atoms with van der Waals surface area (Å²) in [6.07, 6.45) is 16.1. The molecule has 0 atom stereocenters.